The normalized spacial score (nSPS) is 14.7. The second-order valence-electron chi connectivity index (χ2n) is 3.89. The minimum absolute atomic E-state index is 0.0296. The molecule has 116 valence electrons. The van der Waals surface area contributed by atoms with Gasteiger partial charge in [0.15, 0.2) is 0 Å². The molecule has 12 heteroatoms. The highest BCUT2D eigenvalue weighted by molar-refractivity contribution is 8.03. The molecule has 0 spiro atoms. The van der Waals surface area contributed by atoms with Crippen LogP contribution in [0.4, 0.5) is 0 Å². The van der Waals surface area contributed by atoms with Crippen LogP contribution in [0, 0.1) is 6.92 Å². The van der Waals surface area contributed by atoms with E-state index in [1.165, 1.54) is 6.92 Å². The summed E-state index contributed by atoms with van der Waals surface area (Å²) in [6, 6.07) is 0. The van der Waals surface area contributed by atoms with Crippen LogP contribution in [0.5, 0.6) is 0 Å². The molecule has 1 heterocycles. The Labute approximate surface area is 124 Å². The van der Waals surface area contributed by atoms with Gasteiger partial charge in [0.25, 0.3) is 20.2 Å². The summed E-state index contributed by atoms with van der Waals surface area (Å²) in [7, 11) is -10.0. The molecule has 0 aliphatic rings. The van der Waals surface area contributed by atoms with Crippen molar-refractivity contribution in [3.63, 3.8) is 0 Å². The number of aliphatic hydroxyl groups is 1. The summed E-state index contributed by atoms with van der Waals surface area (Å²) in [5.41, 5.74) is 0.363. The molecule has 0 aromatic carbocycles. The quantitative estimate of drug-likeness (QED) is 0.484. The Hall–Kier alpha value is -0.300. The first-order valence-corrected chi connectivity index (χ1v) is 9.45. The summed E-state index contributed by atoms with van der Waals surface area (Å²) in [6.07, 6.45) is -1.74. The number of aromatic nitrogens is 1. The fourth-order valence-corrected chi connectivity index (χ4v) is 4.96. The molecular weight excluding hydrogens is 354 g/mol. The summed E-state index contributed by atoms with van der Waals surface area (Å²) >= 11 is 6.33. The number of aryl methyl sites for hydroxylation is 1. The zero-order valence-corrected chi connectivity index (χ0v) is 13.3. The maximum Gasteiger partial charge on any atom is 0.285 e. The van der Waals surface area contributed by atoms with Crippen LogP contribution >= 0.6 is 22.9 Å². The highest BCUT2D eigenvalue weighted by Crippen LogP contribution is 2.28. The van der Waals surface area contributed by atoms with Gasteiger partial charge in [-0.05, 0) is 6.92 Å². The average molecular weight is 366 g/mol. The number of nitrogens with zero attached hydrogens (tertiary/aromatic N) is 1. The molecule has 1 aromatic rings. The van der Waals surface area contributed by atoms with Gasteiger partial charge in [-0.3, -0.25) is 9.11 Å². The van der Waals surface area contributed by atoms with Crippen LogP contribution in [0.1, 0.15) is 21.7 Å². The molecule has 0 aliphatic carbocycles. The van der Waals surface area contributed by atoms with Crippen LogP contribution in [-0.4, -0.2) is 46.5 Å². The second-order valence-corrected chi connectivity index (χ2v) is 8.81. The highest BCUT2D eigenvalue weighted by Gasteiger charge is 2.36. The Morgan fingerprint density at radius 1 is 1.25 bits per heavy atom. The Morgan fingerprint density at radius 2 is 1.75 bits per heavy atom. The third-order valence-corrected chi connectivity index (χ3v) is 7.03. The van der Waals surface area contributed by atoms with Gasteiger partial charge in [0.1, 0.15) is 6.10 Å². The summed E-state index contributed by atoms with van der Waals surface area (Å²) in [6.45, 7) is 1.53. The number of hydrogen-bond donors (Lipinski definition) is 3. The molecule has 1 aromatic heterocycles. The lowest BCUT2D eigenvalue weighted by Gasteiger charge is -2.08. The molecule has 20 heavy (non-hydrogen) atoms. The molecule has 0 bridgehead atoms. The van der Waals surface area contributed by atoms with Crippen molar-refractivity contribution in [1.29, 1.82) is 0 Å². The van der Waals surface area contributed by atoms with Crippen LogP contribution < -0.4 is 0 Å². The predicted molar refractivity (Wildman–Crippen MR) is 73.1 cm³/mol. The van der Waals surface area contributed by atoms with E-state index in [2.05, 4.69) is 4.98 Å². The van der Waals surface area contributed by atoms with E-state index in [0.717, 1.165) is 11.3 Å². The molecule has 0 saturated heterocycles. The molecule has 0 radical (unpaired) electrons. The smallest absolute Gasteiger partial charge is 0.285 e. The van der Waals surface area contributed by atoms with Crippen molar-refractivity contribution in [2.75, 3.05) is 5.88 Å². The van der Waals surface area contributed by atoms with Gasteiger partial charge in [-0.15, -0.1) is 22.9 Å². The topological polar surface area (TPSA) is 142 Å². The van der Waals surface area contributed by atoms with E-state index in [9.17, 15) is 21.9 Å². The first kappa shape index (κ1) is 17.8. The van der Waals surface area contributed by atoms with Gasteiger partial charge in [-0.25, -0.2) is 4.98 Å². The van der Waals surface area contributed by atoms with Crippen molar-refractivity contribution >= 4 is 43.2 Å². The second kappa shape index (κ2) is 6.22. The van der Waals surface area contributed by atoms with Crippen LogP contribution in [0.3, 0.4) is 0 Å². The largest absolute Gasteiger partial charge is 0.386 e. The fraction of sp³-hybridized carbons (Fsp3) is 0.625. The zero-order chi connectivity index (χ0) is 15.7. The van der Waals surface area contributed by atoms with Gasteiger partial charge >= 0.3 is 0 Å². The van der Waals surface area contributed by atoms with Crippen molar-refractivity contribution in [1.82, 2.24) is 4.98 Å². The summed E-state index contributed by atoms with van der Waals surface area (Å²) in [5.74, 6) is -0.109. The molecule has 3 N–H and O–H groups in total. The SMILES string of the molecule is Cc1nc(CC(S(=O)(=O)O)S(=O)(=O)O)sc1C(O)CCl. The van der Waals surface area contributed by atoms with E-state index >= 15 is 0 Å². The van der Waals surface area contributed by atoms with E-state index < -0.39 is 37.3 Å². The number of rotatable bonds is 6. The van der Waals surface area contributed by atoms with Gasteiger partial charge in [0.2, 0.25) is 4.58 Å². The lowest BCUT2D eigenvalue weighted by Crippen LogP contribution is -2.31. The minimum atomic E-state index is -5.01. The molecule has 0 amide bonds. The van der Waals surface area contributed by atoms with Crippen LogP contribution in [0.25, 0.3) is 0 Å². The van der Waals surface area contributed by atoms with Gasteiger partial charge in [-0.1, -0.05) is 0 Å². The lowest BCUT2D eigenvalue weighted by molar-refractivity contribution is 0.205. The van der Waals surface area contributed by atoms with Crippen LogP contribution in [0.15, 0.2) is 0 Å². The molecular formula is C8H12ClNO7S3. The zero-order valence-electron chi connectivity index (χ0n) is 10.1. The van der Waals surface area contributed by atoms with Crippen molar-refractivity contribution in [3.05, 3.63) is 15.6 Å². The van der Waals surface area contributed by atoms with Gasteiger partial charge in [0, 0.05) is 6.42 Å². The van der Waals surface area contributed by atoms with Crippen molar-refractivity contribution < 1.29 is 31.0 Å². The van der Waals surface area contributed by atoms with Crippen molar-refractivity contribution in [2.24, 2.45) is 0 Å². The number of halogens is 1. The monoisotopic (exact) mass is 365 g/mol. The molecule has 1 rings (SSSR count). The molecule has 1 atom stereocenters. The molecule has 0 aliphatic heterocycles. The molecule has 1 unspecified atom stereocenters. The minimum Gasteiger partial charge on any atom is -0.386 e. The highest BCUT2D eigenvalue weighted by atomic mass is 35.5. The van der Waals surface area contributed by atoms with Crippen molar-refractivity contribution in [2.45, 2.75) is 24.0 Å². The van der Waals surface area contributed by atoms with E-state index in [4.69, 9.17) is 20.7 Å². The number of aliphatic hydroxyl groups excluding tert-OH is 1. The van der Waals surface area contributed by atoms with Gasteiger partial charge < -0.3 is 5.11 Å². The first-order chi connectivity index (χ1) is 8.96. The molecule has 8 nitrogen and oxygen atoms in total. The number of thiazole rings is 1. The summed E-state index contributed by atoms with van der Waals surface area (Å²) in [4.78, 5) is 4.26. The Bertz CT molecular complexity index is 649. The number of alkyl halides is 1. The third kappa shape index (κ3) is 4.35. The molecule has 0 fully saturated rings. The first-order valence-electron chi connectivity index (χ1n) is 5.09. The predicted octanol–water partition coefficient (Wildman–Crippen LogP) is 0.368. The van der Waals surface area contributed by atoms with Gasteiger partial charge in [0.05, 0.1) is 21.5 Å². The Kier molecular flexibility index (Phi) is 5.52. The van der Waals surface area contributed by atoms with E-state index in [-0.39, 0.29) is 10.9 Å². The van der Waals surface area contributed by atoms with Crippen LogP contribution in [0.2, 0.25) is 0 Å². The molecule has 0 saturated carbocycles. The fourth-order valence-electron chi connectivity index (χ4n) is 1.44. The number of hydrogen-bond acceptors (Lipinski definition) is 7. The standard InChI is InChI=1S/C8H12ClNO7S3/c1-4-8(5(11)3-9)18-6(10-4)2-7(19(12,13)14)20(15,16)17/h5,7,11H,2-3H2,1H3,(H,12,13,14)(H,15,16,17). The maximum absolute atomic E-state index is 11.0. The maximum atomic E-state index is 11.0. The summed E-state index contributed by atoms with van der Waals surface area (Å²) < 4.78 is 59.2. The average Bonchev–Trinajstić information content (AvgIpc) is 2.63. The Morgan fingerprint density at radius 3 is 2.15 bits per heavy atom. The van der Waals surface area contributed by atoms with Gasteiger partial charge in [-0.2, -0.15) is 16.8 Å². The van der Waals surface area contributed by atoms with E-state index in [0.29, 0.717) is 10.6 Å². The van der Waals surface area contributed by atoms with E-state index in [1.54, 1.807) is 0 Å². The Balaban J connectivity index is 3.15. The van der Waals surface area contributed by atoms with E-state index in [1.807, 2.05) is 0 Å². The van der Waals surface area contributed by atoms with Crippen molar-refractivity contribution in [3.8, 4) is 0 Å². The summed E-state index contributed by atoms with van der Waals surface area (Å²) in [5, 5.41) is 9.61. The third-order valence-electron chi connectivity index (χ3n) is 2.33. The lowest BCUT2D eigenvalue weighted by atomic mass is 10.3. The van der Waals surface area contributed by atoms with Crippen LogP contribution in [-0.2, 0) is 26.7 Å².